The van der Waals surface area contributed by atoms with E-state index >= 15 is 0 Å². The van der Waals surface area contributed by atoms with Crippen molar-refractivity contribution in [1.29, 1.82) is 0 Å². The Hall–Kier alpha value is -2.74. The molecule has 7 rings (SSSR count). The van der Waals surface area contributed by atoms with Crippen LogP contribution in [0.25, 0.3) is 0 Å². The molecule has 0 amide bonds. The first-order chi connectivity index (χ1) is 14.3. The highest BCUT2D eigenvalue weighted by molar-refractivity contribution is 6.05. The van der Waals surface area contributed by atoms with E-state index in [0.717, 1.165) is 68.0 Å². The predicted octanol–water partition coefficient (Wildman–Crippen LogP) is 2.04. The van der Waals surface area contributed by atoms with Crippen LogP contribution in [0.2, 0.25) is 0 Å². The van der Waals surface area contributed by atoms with Crippen molar-refractivity contribution < 1.29 is 9.47 Å². The highest BCUT2D eigenvalue weighted by atomic mass is 16.7. The van der Waals surface area contributed by atoms with Crippen molar-refractivity contribution >= 4 is 11.9 Å². The van der Waals surface area contributed by atoms with Crippen LogP contribution in [0.3, 0.4) is 0 Å². The fraction of sp³-hybridized carbons (Fsp3) is 0.364. The maximum absolute atomic E-state index is 5.46. The van der Waals surface area contributed by atoms with Crippen molar-refractivity contribution in [3.05, 3.63) is 59.7 Å². The van der Waals surface area contributed by atoms with Crippen molar-refractivity contribution in [2.45, 2.75) is 0 Å². The molecule has 29 heavy (non-hydrogen) atoms. The summed E-state index contributed by atoms with van der Waals surface area (Å²) >= 11 is 0. The van der Waals surface area contributed by atoms with E-state index in [-0.39, 0.29) is 12.2 Å². The van der Waals surface area contributed by atoms with Crippen LogP contribution in [0.5, 0.6) is 11.5 Å². The molecule has 5 aliphatic rings. The summed E-state index contributed by atoms with van der Waals surface area (Å²) in [6.45, 7) is 6.55. The molecule has 4 saturated heterocycles. The van der Waals surface area contributed by atoms with Gasteiger partial charge in [0.2, 0.25) is 6.79 Å². The zero-order valence-corrected chi connectivity index (χ0v) is 16.2. The Bertz CT molecular complexity index is 953. The van der Waals surface area contributed by atoms with E-state index in [1.807, 2.05) is 24.3 Å². The largest absolute Gasteiger partial charge is 0.454 e. The fourth-order valence-corrected chi connectivity index (χ4v) is 5.15. The molecule has 5 aliphatic heterocycles. The van der Waals surface area contributed by atoms with E-state index in [4.69, 9.17) is 14.6 Å². The zero-order valence-electron chi connectivity index (χ0n) is 16.2. The predicted molar refractivity (Wildman–Crippen MR) is 110 cm³/mol. The van der Waals surface area contributed by atoms with Crippen molar-refractivity contribution in [2.75, 3.05) is 46.4 Å². The lowest BCUT2D eigenvalue weighted by Crippen LogP contribution is -2.74. The van der Waals surface area contributed by atoms with Crippen LogP contribution in [-0.2, 0) is 0 Å². The van der Waals surface area contributed by atoms with Crippen LogP contribution >= 0.6 is 0 Å². The SMILES string of the molecule is C(=N\N=C(/c1ccccc1)C12CN3CN(CN(C3)C1)C2)/c1ccc2c(c1)OCO2. The fourth-order valence-electron chi connectivity index (χ4n) is 5.15. The smallest absolute Gasteiger partial charge is 0.231 e. The molecular formula is C22H23N5O2. The third-order valence-corrected chi connectivity index (χ3v) is 6.09. The normalized spacial score (nSPS) is 32.3. The number of fused-ring (bicyclic) bond motifs is 1. The Balaban J connectivity index is 1.36. The molecule has 2 aromatic carbocycles. The summed E-state index contributed by atoms with van der Waals surface area (Å²) in [6, 6.07) is 16.3. The Labute approximate surface area is 169 Å². The van der Waals surface area contributed by atoms with Crippen molar-refractivity contribution in [2.24, 2.45) is 15.6 Å². The van der Waals surface area contributed by atoms with Crippen molar-refractivity contribution in [3.63, 3.8) is 0 Å². The van der Waals surface area contributed by atoms with Crippen LogP contribution in [0.4, 0.5) is 0 Å². The molecule has 5 heterocycles. The van der Waals surface area contributed by atoms with Gasteiger partial charge >= 0.3 is 0 Å². The molecule has 2 aromatic rings. The summed E-state index contributed by atoms with van der Waals surface area (Å²) in [5, 5.41) is 9.32. The monoisotopic (exact) mass is 389 g/mol. The Morgan fingerprint density at radius 1 is 0.862 bits per heavy atom. The van der Waals surface area contributed by atoms with Crippen LogP contribution in [0, 0.1) is 5.41 Å². The molecular weight excluding hydrogens is 366 g/mol. The molecule has 7 nitrogen and oxygen atoms in total. The summed E-state index contributed by atoms with van der Waals surface area (Å²) in [5.74, 6) is 1.54. The number of rotatable bonds is 4. The summed E-state index contributed by atoms with van der Waals surface area (Å²) in [6.07, 6.45) is 1.80. The minimum Gasteiger partial charge on any atom is -0.454 e. The van der Waals surface area contributed by atoms with Gasteiger partial charge in [0.1, 0.15) is 0 Å². The molecule has 4 bridgehead atoms. The van der Waals surface area contributed by atoms with Gasteiger partial charge in [0.15, 0.2) is 11.5 Å². The average Bonchev–Trinajstić information content (AvgIpc) is 3.18. The molecule has 0 saturated carbocycles. The first-order valence-corrected chi connectivity index (χ1v) is 10.0. The first kappa shape index (κ1) is 17.1. The van der Waals surface area contributed by atoms with Crippen LogP contribution in [0.1, 0.15) is 11.1 Å². The van der Waals surface area contributed by atoms with Crippen molar-refractivity contribution in [1.82, 2.24) is 14.7 Å². The second kappa shape index (κ2) is 6.66. The van der Waals surface area contributed by atoms with Gasteiger partial charge in [-0.15, -0.1) is 0 Å². The summed E-state index contributed by atoms with van der Waals surface area (Å²) in [4.78, 5) is 7.53. The summed E-state index contributed by atoms with van der Waals surface area (Å²) in [7, 11) is 0. The van der Waals surface area contributed by atoms with E-state index in [1.54, 1.807) is 6.21 Å². The van der Waals surface area contributed by atoms with E-state index in [1.165, 1.54) is 0 Å². The van der Waals surface area contributed by atoms with Gasteiger partial charge in [-0.3, -0.25) is 14.7 Å². The summed E-state index contributed by atoms with van der Waals surface area (Å²) in [5.41, 5.74) is 3.17. The molecule has 0 spiro atoms. The number of hydrogen-bond acceptors (Lipinski definition) is 7. The second-order valence-corrected chi connectivity index (χ2v) is 8.36. The van der Waals surface area contributed by atoms with Gasteiger partial charge in [-0.2, -0.15) is 10.2 Å². The summed E-state index contributed by atoms with van der Waals surface area (Å²) < 4.78 is 10.8. The third-order valence-electron chi connectivity index (χ3n) is 6.09. The molecule has 0 radical (unpaired) electrons. The molecule has 4 fully saturated rings. The lowest BCUT2D eigenvalue weighted by Gasteiger charge is -2.60. The van der Waals surface area contributed by atoms with Gasteiger partial charge < -0.3 is 9.47 Å². The first-order valence-electron chi connectivity index (χ1n) is 10.0. The molecule has 0 aliphatic carbocycles. The molecule has 0 atom stereocenters. The zero-order chi connectivity index (χ0) is 19.3. The molecule has 0 aromatic heterocycles. The van der Waals surface area contributed by atoms with Gasteiger partial charge in [-0.25, -0.2) is 0 Å². The minimum absolute atomic E-state index is 0.0116. The number of benzene rings is 2. The topological polar surface area (TPSA) is 52.9 Å². The highest BCUT2D eigenvalue weighted by Crippen LogP contribution is 2.38. The third kappa shape index (κ3) is 3.02. The van der Waals surface area contributed by atoms with E-state index in [0.29, 0.717) is 0 Å². The maximum atomic E-state index is 5.46. The van der Waals surface area contributed by atoms with Crippen LogP contribution in [0.15, 0.2) is 58.7 Å². The lowest BCUT2D eigenvalue weighted by atomic mass is 9.74. The lowest BCUT2D eigenvalue weighted by molar-refractivity contribution is -0.149. The van der Waals surface area contributed by atoms with Gasteiger partial charge in [0.05, 0.1) is 37.3 Å². The van der Waals surface area contributed by atoms with Gasteiger partial charge in [0, 0.05) is 19.6 Å². The second-order valence-electron chi connectivity index (χ2n) is 8.36. The Kier molecular flexibility index (Phi) is 3.94. The number of hydrogen-bond donors (Lipinski definition) is 0. The number of nitrogens with zero attached hydrogens (tertiary/aromatic N) is 5. The molecule has 0 unspecified atom stereocenters. The standard InChI is InChI=1S/C22H23N5O2/c1-2-4-18(5-3-1)21(22-10-25-13-26(11-22)15-27(12-22)14-25)24-23-9-17-6-7-19-20(8-17)29-16-28-19/h1-9H,10-16H2/b23-9+,24-21+. The van der Waals surface area contributed by atoms with Crippen molar-refractivity contribution in [3.8, 4) is 11.5 Å². The maximum Gasteiger partial charge on any atom is 0.231 e. The number of ether oxygens (including phenoxy) is 2. The van der Waals surface area contributed by atoms with Crippen LogP contribution in [-0.4, -0.2) is 73.1 Å². The average molecular weight is 389 g/mol. The van der Waals surface area contributed by atoms with Gasteiger partial charge in [-0.1, -0.05) is 30.3 Å². The van der Waals surface area contributed by atoms with Gasteiger partial charge in [-0.05, 0) is 29.3 Å². The minimum atomic E-state index is -0.0116. The van der Waals surface area contributed by atoms with E-state index < -0.39 is 0 Å². The molecule has 7 heteroatoms. The van der Waals surface area contributed by atoms with E-state index in [9.17, 15) is 0 Å². The van der Waals surface area contributed by atoms with Gasteiger partial charge in [0.25, 0.3) is 0 Å². The quantitative estimate of drug-likeness (QED) is 0.592. The Morgan fingerprint density at radius 2 is 1.55 bits per heavy atom. The molecule has 0 N–H and O–H groups in total. The van der Waals surface area contributed by atoms with Crippen LogP contribution < -0.4 is 9.47 Å². The Morgan fingerprint density at radius 3 is 2.28 bits per heavy atom. The molecule has 148 valence electrons. The highest BCUT2D eigenvalue weighted by Gasteiger charge is 2.51. The van der Waals surface area contributed by atoms with E-state index in [2.05, 4.69) is 44.1 Å².